The third kappa shape index (κ3) is 5.55. The van der Waals surface area contributed by atoms with Crippen LogP contribution in [0.5, 0.6) is 0 Å². The zero-order chi connectivity index (χ0) is 21.0. The summed E-state index contributed by atoms with van der Waals surface area (Å²) < 4.78 is 13.1. The zero-order valence-electron chi connectivity index (χ0n) is 17.1. The summed E-state index contributed by atoms with van der Waals surface area (Å²) in [4.78, 5) is 39.7. The smallest absolute Gasteiger partial charge is 0.251 e. The van der Waals surface area contributed by atoms with Crippen LogP contribution in [0.1, 0.15) is 56.3 Å². The number of hydrogen-bond donors (Lipinski definition) is 2. The van der Waals surface area contributed by atoms with Crippen LogP contribution in [0.3, 0.4) is 0 Å². The maximum atomic E-state index is 13.1. The van der Waals surface area contributed by atoms with Crippen molar-refractivity contribution in [3.63, 3.8) is 0 Å². The molecule has 2 aliphatic rings. The number of halogens is 1. The van der Waals surface area contributed by atoms with Crippen molar-refractivity contribution in [1.82, 2.24) is 15.5 Å². The highest BCUT2D eigenvalue weighted by atomic mass is 19.1. The van der Waals surface area contributed by atoms with Gasteiger partial charge in [0.25, 0.3) is 5.91 Å². The van der Waals surface area contributed by atoms with Gasteiger partial charge in [-0.3, -0.25) is 14.4 Å². The summed E-state index contributed by atoms with van der Waals surface area (Å²) in [6.07, 6.45) is 4.08. The Labute approximate surface area is 171 Å². The Balaban J connectivity index is 1.67. The number of piperidine rings is 1. The molecule has 7 heteroatoms. The number of likely N-dealkylation sites (tertiary alicyclic amines) is 1. The normalized spacial score (nSPS) is 19.3. The van der Waals surface area contributed by atoms with Gasteiger partial charge in [-0.05, 0) is 69.2 Å². The summed E-state index contributed by atoms with van der Waals surface area (Å²) in [5.74, 6) is -0.659. The number of carbonyl (C=O) groups is 3. The summed E-state index contributed by atoms with van der Waals surface area (Å²) in [5, 5.41) is 5.81. The predicted molar refractivity (Wildman–Crippen MR) is 108 cm³/mol. The van der Waals surface area contributed by atoms with Crippen LogP contribution < -0.4 is 10.6 Å². The third-order valence-corrected chi connectivity index (χ3v) is 5.93. The summed E-state index contributed by atoms with van der Waals surface area (Å²) >= 11 is 0. The first-order chi connectivity index (χ1) is 13.9. The van der Waals surface area contributed by atoms with E-state index < -0.39 is 17.8 Å². The summed E-state index contributed by atoms with van der Waals surface area (Å²) in [6, 6.07) is 4.59. The van der Waals surface area contributed by atoms with E-state index in [0.717, 1.165) is 19.3 Å². The van der Waals surface area contributed by atoms with Gasteiger partial charge in [-0.15, -0.1) is 0 Å². The molecule has 158 valence electrons. The van der Waals surface area contributed by atoms with Crippen molar-refractivity contribution in [3.05, 3.63) is 35.6 Å². The molecule has 1 saturated heterocycles. The van der Waals surface area contributed by atoms with Gasteiger partial charge in [0.1, 0.15) is 11.9 Å². The molecular weight excluding hydrogens is 373 g/mol. The Morgan fingerprint density at radius 2 is 1.69 bits per heavy atom. The van der Waals surface area contributed by atoms with Crippen molar-refractivity contribution in [1.29, 1.82) is 0 Å². The van der Waals surface area contributed by atoms with E-state index >= 15 is 0 Å². The SMILES string of the molecule is CCC(C)NC(=O)C(NC(=O)c1ccc(F)cc1)C1CCN(C(=O)C2CC2)CC1. The molecule has 0 radical (unpaired) electrons. The number of nitrogens with zero attached hydrogens (tertiary/aromatic N) is 1. The van der Waals surface area contributed by atoms with Crippen LogP contribution in [0, 0.1) is 17.7 Å². The summed E-state index contributed by atoms with van der Waals surface area (Å²) in [5.41, 5.74) is 0.314. The number of carbonyl (C=O) groups excluding carboxylic acids is 3. The lowest BCUT2D eigenvalue weighted by Gasteiger charge is -2.36. The van der Waals surface area contributed by atoms with Crippen LogP contribution in [0.25, 0.3) is 0 Å². The van der Waals surface area contributed by atoms with Gasteiger partial charge in [-0.2, -0.15) is 0 Å². The maximum absolute atomic E-state index is 13.1. The molecule has 29 heavy (non-hydrogen) atoms. The van der Waals surface area contributed by atoms with E-state index in [-0.39, 0.29) is 29.7 Å². The zero-order valence-corrected chi connectivity index (χ0v) is 17.1. The standard InChI is InChI=1S/C22H30FN3O3/c1-3-14(2)24-21(28)19(25-20(27)16-6-8-18(23)9-7-16)15-10-12-26(13-11-15)22(29)17-4-5-17/h6-9,14-15,17,19H,3-5,10-13H2,1-2H3,(H,24,28)(H,25,27). The van der Waals surface area contributed by atoms with Crippen molar-refractivity contribution >= 4 is 17.7 Å². The Bertz CT molecular complexity index is 740. The Morgan fingerprint density at radius 3 is 2.24 bits per heavy atom. The molecule has 1 heterocycles. The summed E-state index contributed by atoms with van der Waals surface area (Å²) in [7, 11) is 0. The fourth-order valence-corrected chi connectivity index (χ4v) is 3.70. The molecule has 1 saturated carbocycles. The maximum Gasteiger partial charge on any atom is 0.251 e. The van der Waals surface area contributed by atoms with Crippen LogP contribution in [-0.2, 0) is 9.59 Å². The molecule has 0 aromatic heterocycles. The van der Waals surface area contributed by atoms with E-state index in [9.17, 15) is 18.8 Å². The molecule has 3 rings (SSSR count). The molecule has 2 fully saturated rings. The second kappa shape index (κ2) is 9.37. The number of benzene rings is 1. The molecule has 1 aliphatic heterocycles. The monoisotopic (exact) mass is 403 g/mol. The largest absolute Gasteiger partial charge is 0.352 e. The molecule has 1 aromatic carbocycles. The number of amides is 3. The van der Waals surface area contributed by atoms with Crippen LogP contribution in [0.15, 0.2) is 24.3 Å². The first-order valence-corrected chi connectivity index (χ1v) is 10.5. The highest BCUT2D eigenvalue weighted by Crippen LogP contribution is 2.33. The molecule has 6 nitrogen and oxygen atoms in total. The average Bonchev–Trinajstić information content (AvgIpc) is 3.57. The van der Waals surface area contributed by atoms with Crippen LogP contribution in [0.4, 0.5) is 4.39 Å². The van der Waals surface area contributed by atoms with Gasteiger partial charge < -0.3 is 15.5 Å². The summed E-state index contributed by atoms with van der Waals surface area (Å²) in [6.45, 7) is 5.13. The van der Waals surface area contributed by atoms with E-state index in [4.69, 9.17) is 0 Å². The van der Waals surface area contributed by atoms with Gasteiger partial charge >= 0.3 is 0 Å². The van der Waals surface area contributed by atoms with Gasteiger partial charge in [-0.25, -0.2) is 4.39 Å². The Hall–Kier alpha value is -2.44. The van der Waals surface area contributed by atoms with Crippen molar-refractivity contribution in [3.8, 4) is 0 Å². The minimum Gasteiger partial charge on any atom is -0.352 e. The highest BCUT2D eigenvalue weighted by Gasteiger charge is 2.38. The van der Waals surface area contributed by atoms with Gasteiger partial charge in [-0.1, -0.05) is 6.92 Å². The molecule has 2 atom stereocenters. The first-order valence-electron chi connectivity index (χ1n) is 10.5. The van der Waals surface area contributed by atoms with Gasteiger partial charge in [0.2, 0.25) is 11.8 Å². The Kier molecular flexibility index (Phi) is 6.87. The number of hydrogen-bond acceptors (Lipinski definition) is 3. The third-order valence-electron chi connectivity index (χ3n) is 5.93. The van der Waals surface area contributed by atoms with E-state index in [1.807, 2.05) is 18.7 Å². The van der Waals surface area contributed by atoms with Crippen molar-refractivity contribution in [2.45, 2.75) is 58.0 Å². The van der Waals surface area contributed by atoms with E-state index in [1.165, 1.54) is 24.3 Å². The minimum atomic E-state index is -0.681. The predicted octanol–water partition coefficient (Wildman–Crippen LogP) is 2.49. The van der Waals surface area contributed by atoms with Crippen molar-refractivity contribution in [2.24, 2.45) is 11.8 Å². The lowest BCUT2D eigenvalue weighted by molar-refractivity contribution is -0.134. The number of nitrogens with one attached hydrogen (secondary N) is 2. The van der Waals surface area contributed by atoms with Gasteiger partial charge in [0, 0.05) is 30.6 Å². The molecule has 1 aromatic rings. The fraction of sp³-hybridized carbons (Fsp3) is 0.591. The van der Waals surface area contributed by atoms with Crippen LogP contribution in [-0.4, -0.2) is 47.8 Å². The minimum absolute atomic E-state index is 0.00394. The average molecular weight is 403 g/mol. The van der Waals surface area contributed by atoms with Crippen LogP contribution >= 0.6 is 0 Å². The topological polar surface area (TPSA) is 78.5 Å². The molecular formula is C22H30FN3O3. The lowest BCUT2D eigenvalue weighted by atomic mass is 9.88. The van der Waals surface area contributed by atoms with Gasteiger partial charge in [0.05, 0.1) is 0 Å². The van der Waals surface area contributed by atoms with Crippen molar-refractivity contribution in [2.75, 3.05) is 13.1 Å². The van der Waals surface area contributed by atoms with Crippen molar-refractivity contribution < 1.29 is 18.8 Å². The second-order valence-electron chi connectivity index (χ2n) is 8.21. The first kappa shape index (κ1) is 21.3. The van der Waals surface area contributed by atoms with E-state index in [0.29, 0.717) is 31.5 Å². The Morgan fingerprint density at radius 1 is 1.07 bits per heavy atom. The number of rotatable bonds is 7. The van der Waals surface area contributed by atoms with Gasteiger partial charge in [0.15, 0.2) is 0 Å². The highest BCUT2D eigenvalue weighted by molar-refractivity contribution is 5.97. The second-order valence-corrected chi connectivity index (χ2v) is 8.21. The van der Waals surface area contributed by atoms with E-state index in [2.05, 4.69) is 10.6 Å². The molecule has 2 unspecified atom stereocenters. The fourth-order valence-electron chi connectivity index (χ4n) is 3.70. The molecule has 3 amide bonds. The molecule has 0 spiro atoms. The van der Waals surface area contributed by atoms with E-state index in [1.54, 1.807) is 0 Å². The quantitative estimate of drug-likeness (QED) is 0.734. The lowest BCUT2D eigenvalue weighted by Crippen LogP contribution is -2.55. The molecule has 1 aliphatic carbocycles. The van der Waals surface area contributed by atoms with Crippen LogP contribution in [0.2, 0.25) is 0 Å². The molecule has 0 bridgehead atoms. The molecule has 2 N–H and O–H groups in total.